The minimum absolute atomic E-state index is 0.657. The Kier molecular flexibility index (Phi) is 4.22. The molecule has 17 heavy (non-hydrogen) atoms. The van der Waals surface area contributed by atoms with E-state index in [0.717, 1.165) is 18.8 Å². The molecule has 0 amide bonds. The van der Waals surface area contributed by atoms with Gasteiger partial charge in [0.05, 0.1) is 13.2 Å². The highest BCUT2D eigenvalue weighted by atomic mass is 16.5. The van der Waals surface area contributed by atoms with Crippen LogP contribution in [-0.2, 0) is 17.9 Å². The molecule has 0 atom stereocenters. The molecular formula is C14H18N2O. The van der Waals surface area contributed by atoms with Crippen molar-refractivity contribution in [2.24, 2.45) is 0 Å². The van der Waals surface area contributed by atoms with Crippen LogP contribution in [0, 0.1) is 0 Å². The van der Waals surface area contributed by atoms with Crippen LogP contribution in [-0.4, -0.2) is 11.6 Å². The number of aromatic amines is 1. The molecule has 0 fully saturated rings. The molecule has 0 saturated carbocycles. The van der Waals surface area contributed by atoms with Gasteiger partial charge in [0.15, 0.2) is 0 Å². The summed E-state index contributed by atoms with van der Waals surface area (Å²) in [6, 6.07) is 12.3. The minimum atomic E-state index is 0.657. The summed E-state index contributed by atoms with van der Waals surface area (Å²) in [5.74, 6) is 0. The van der Waals surface area contributed by atoms with E-state index in [4.69, 9.17) is 4.74 Å². The van der Waals surface area contributed by atoms with Crippen LogP contribution >= 0.6 is 0 Å². The first-order chi connectivity index (χ1) is 8.40. The summed E-state index contributed by atoms with van der Waals surface area (Å²) in [6.45, 7) is 4.21. The number of H-pyrrole nitrogens is 1. The average molecular weight is 230 g/mol. The molecule has 0 bridgehead atoms. The van der Waals surface area contributed by atoms with Crippen molar-refractivity contribution in [3.05, 3.63) is 53.9 Å². The van der Waals surface area contributed by atoms with Crippen LogP contribution < -0.4 is 5.32 Å². The van der Waals surface area contributed by atoms with Crippen molar-refractivity contribution < 1.29 is 4.74 Å². The lowest BCUT2D eigenvalue weighted by Crippen LogP contribution is -2.03. The van der Waals surface area contributed by atoms with Crippen LogP contribution in [0.15, 0.2) is 42.6 Å². The second kappa shape index (κ2) is 6.11. The molecular weight excluding hydrogens is 212 g/mol. The molecule has 0 unspecified atom stereocenters. The first kappa shape index (κ1) is 11.7. The number of hydrogen-bond donors (Lipinski definition) is 2. The minimum Gasteiger partial charge on any atom is -0.379 e. The molecule has 0 aliphatic rings. The number of anilines is 1. The summed E-state index contributed by atoms with van der Waals surface area (Å²) in [5, 5.41) is 3.41. The molecule has 2 N–H and O–H groups in total. The summed E-state index contributed by atoms with van der Waals surface area (Å²) in [6.07, 6.45) is 1.93. The highest BCUT2D eigenvalue weighted by Crippen LogP contribution is 2.16. The van der Waals surface area contributed by atoms with Gasteiger partial charge in [0.25, 0.3) is 0 Å². The predicted molar refractivity (Wildman–Crippen MR) is 69.9 cm³/mol. The van der Waals surface area contributed by atoms with Gasteiger partial charge >= 0.3 is 0 Å². The molecule has 0 spiro atoms. The van der Waals surface area contributed by atoms with Gasteiger partial charge in [-0.25, -0.2) is 0 Å². The van der Waals surface area contributed by atoms with Gasteiger partial charge in [-0.05, 0) is 25.1 Å². The first-order valence-corrected chi connectivity index (χ1v) is 5.92. The summed E-state index contributed by atoms with van der Waals surface area (Å²) in [5.41, 5.74) is 3.51. The van der Waals surface area contributed by atoms with E-state index in [1.54, 1.807) is 0 Å². The maximum Gasteiger partial charge on any atom is 0.0736 e. The fraction of sp³-hybridized carbons (Fsp3) is 0.286. The topological polar surface area (TPSA) is 37.0 Å². The van der Waals surface area contributed by atoms with Gasteiger partial charge < -0.3 is 15.0 Å². The zero-order valence-electron chi connectivity index (χ0n) is 10.1. The van der Waals surface area contributed by atoms with Crippen LogP contribution in [0.1, 0.15) is 18.2 Å². The van der Waals surface area contributed by atoms with E-state index >= 15 is 0 Å². The van der Waals surface area contributed by atoms with Crippen molar-refractivity contribution in [1.82, 2.24) is 4.98 Å². The average Bonchev–Trinajstić information content (AvgIpc) is 2.88. The molecule has 1 aromatic carbocycles. The number of para-hydroxylation sites is 1. The van der Waals surface area contributed by atoms with Crippen LogP contribution in [0.3, 0.4) is 0 Å². The molecule has 1 aromatic heterocycles. The number of ether oxygens (including phenoxy) is 1. The Balaban J connectivity index is 1.99. The van der Waals surface area contributed by atoms with Crippen LogP contribution in [0.4, 0.5) is 5.69 Å². The Morgan fingerprint density at radius 3 is 2.82 bits per heavy atom. The molecule has 0 aliphatic heterocycles. The number of hydrogen-bond acceptors (Lipinski definition) is 2. The zero-order valence-corrected chi connectivity index (χ0v) is 10.1. The summed E-state index contributed by atoms with van der Waals surface area (Å²) in [7, 11) is 0. The molecule has 3 heteroatoms. The van der Waals surface area contributed by atoms with Crippen molar-refractivity contribution >= 4 is 5.69 Å². The monoisotopic (exact) mass is 230 g/mol. The Morgan fingerprint density at radius 1 is 1.18 bits per heavy atom. The van der Waals surface area contributed by atoms with Gasteiger partial charge in [-0.2, -0.15) is 0 Å². The van der Waals surface area contributed by atoms with Gasteiger partial charge in [0, 0.05) is 29.7 Å². The van der Waals surface area contributed by atoms with Gasteiger partial charge in [-0.15, -0.1) is 0 Å². The van der Waals surface area contributed by atoms with E-state index in [0.29, 0.717) is 6.61 Å². The van der Waals surface area contributed by atoms with Gasteiger partial charge in [-0.1, -0.05) is 18.2 Å². The van der Waals surface area contributed by atoms with Crippen molar-refractivity contribution in [2.45, 2.75) is 20.1 Å². The molecule has 2 rings (SSSR count). The van der Waals surface area contributed by atoms with E-state index in [1.807, 2.05) is 31.3 Å². The molecule has 90 valence electrons. The first-order valence-electron chi connectivity index (χ1n) is 5.92. The predicted octanol–water partition coefficient (Wildman–Crippen LogP) is 3.16. The second-order valence-corrected chi connectivity index (χ2v) is 3.84. The molecule has 2 aromatic rings. The fourth-order valence-electron chi connectivity index (χ4n) is 1.70. The highest BCUT2D eigenvalue weighted by Gasteiger charge is 2.01. The van der Waals surface area contributed by atoms with E-state index in [1.165, 1.54) is 11.3 Å². The third kappa shape index (κ3) is 3.36. The van der Waals surface area contributed by atoms with Crippen molar-refractivity contribution in [2.75, 3.05) is 11.9 Å². The lowest BCUT2D eigenvalue weighted by atomic mass is 10.2. The fourth-order valence-corrected chi connectivity index (χ4v) is 1.70. The Morgan fingerprint density at radius 2 is 2.06 bits per heavy atom. The van der Waals surface area contributed by atoms with E-state index in [2.05, 4.69) is 28.5 Å². The Bertz CT molecular complexity index is 437. The standard InChI is InChI=1S/C14H18N2O/c1-2-17-11-12-6-3-4-8-14(12)16-10-13-7-5-9-15-13/h3-9,15-16H,2,10-11H2,1H3. The van der Waals surface area contributed by atoms with Crippen LogP contribution in [0.5, 0.6) is 0 Å². The Labute approximate surface area is 102 Å². The number of benzene rings is 1. The number of nitrogens with one attached hydrogen (secondary N) is 2. The van der Waals surface area contributed by atoms with Crippen LogP contribution in [0.2, 0.25) is 0 Å². The molecule has 0 saturated heterocycles. The largest absolute Gasteiger partial charge is 0.379 e. The molecule has 0 aliphatic carbocycles. The quantitative estimate of drug-likeness (QED) is 0.799. The van der Waals surface area contributed by atoms with Crippen LogP contribution in [0.25, 0.3) is 0 Å². The maximum atomic E-state index is 5.45. The van der Waals surface area contributed by atoms with Gasteiger partial charge in [0.2, 0.25) is 0 Å². The van der Waals surface area contributed by atoms with Gasteiger partial charge in [-0.3, -0.25) is 0 Å². The number of rotatable bonds is 6. The van der Waals surface area contributed by atoms with E-state index in [-0.39, 0.29) is 0 Å². The lowest BCUT2D eigenvalue weighted by molar-refractivity contribution is 0.134. The number of aromatic nitrogens is 1. The second-order valence-electron chi connectivity index (χ2n) is 3.84. The summed E-state index contributed by atoms with van der Waals surface area (Å²) < 4.78 is 5.45. The molecule has 1 heterocycles. The third-order valence-electron chi connectivity index (χ3n) is 2.61. The highest BCUT2D eigenvalue weighted by molar-refractivity contribution is 5.50. The normalized spacial score (nSPS) is 10.4. The third-order valence-corrected chi connectivity index (χ3v) is 2.61. The summed E-state index contributed by atoms with van der Waals surface area (Å²) in [4.78, 5) is 3.18. The van der Waals surface area contributed by atoms with E-state index < -0.39 is 0 Å². The van der Waals surface area contributed by atoms with Crippen molar-refractivity contribution in [1.29, 1.82) is 0 Å². The summed E-state index contributed by atoms with van der Waals surface area (Å²) >= 11 is 0. The van der Waals surface area contributed by atoms with E-state index in [9.17, 15) is 0 Å². The molecule has 3 nitrogen and oxygen atoms in total. The SMILES string of the molecule is CCOCc1ccccc1NCc1ccc[nH]1. The zero-order chi connectivity index (χ0) is 11.9. The van der Waals surface area contributed by atoms with Crippen molar-refractivity contribution in [3.63, 3.8) is 0 Å². The Hall–Kier alpha value is -1.74. The smallest absolute Gasteiger partial charge is 0.0736 e. The lowest BCUT2D eigenvalue weighted by Gasteiger charge is -2.11. The van der Waals surface area contributed by atoms with Gasteiger partial charge in [0.1, 0.15) is 0 Å². The van der Waals surface area contributed by atoms with Crippen molar-refractivity contribution in [3.8, 4) is 0 Å². The molecule has 0 radical (unpaired) electrons. The maximum absolute atomic E-state index is 5.45.